The highest BCUT2D eigenvalue weighted by atomic mass is 32.2. The lowest BCUT2D eigenvalue weighted by Gasteiger charge is -2.32. The predicted octanol–water partition coefficient (Wildman–Crippen LogP) is 6.06. The van der Waals surface area contributed by atoms with Crippen LogP contribution < -0.4 is 15.4 Å². The highest BCUT2D eigenvalue weighted by Crippen LogP contribution is 2.26. The Morgan fingerprint density at radius 1 is 1.00 bits per heavy atom. The number of aryl methyl sites for hydroxylation is 1. The standard InChI is InChI=1S/C27H36N6OS/c1-19-18-28-26(30-22-11-9-21(10-12-22)20(2)33-13-15-34-16-14-33)31-25(19)29-23-7-6-8-24(17-23)35-32-27(3,4)5/h6-12,17-18,20,32H,13-16H2,1-5H3,(H2,28,29,30,31). The molecule has 3 aromatic rings. The van der Waals surface area contributed by atoms with Gasteiger partial charge in [-0.15, -0.1) is 0 Å². The van der Waals surface area contributed by atoms with Gasteiger partial charge < -0.3 is 15.4 Å². The van der Waals surface area contributed by atoms with Crippen molar-refractivity contribution in [3.8, 4) is 0 Å². The van der Waals surface area contributed by atoms with Crippen LogP contribution in [0.15, 0.2) is 59.6 Å². The van der Waals surface area contributed by atoms with Crippen LogP contribution in [0.3, 0.4) is 0 Å². The van der Waals surface area contributed by atoms with Crippen LogP contribution >= 0.6 is 11.9 Å². The van der Waals surface area contributed by atoms with Gasteiger partial charge in [-0.3, -0.25) is 9.62 Å². The molecule has 1 saturated heterocycles. The first-order valence-electron chi connectivity index (χ1n) is 12.1. The van der Waals surface area contributed by atoms with E-state index in [0.29, 0.717) is 12.0 Å². The number of nitrogens with one attached hydrogen (secondary N) is 3. The average molecular weight is 493 g/mol. The number of hydrogen-bond acceptors (Lipinski definition) is 8. The molecular weight excluding hydrogens is 456 g/mol. The molecule has 8 heteroatoms. The zero-order valence-electron chi connectivity index (χ0n) is 21.3. The van der Waals surface area contributed by atoms with Gasteiger partial charge in [0.25, 0.3) is 0 Å². The summed E-state index contributed by atoms with van der Waals surface area (Å²) in [7, 11) is 0. The SMILES string of the molecule is Cc1cnc(Nc2ccc(C(C)N3CCOCC3)cc2)nc1Nc1cccc(SNC(C)(C)C)c1. The van der Waals surface area contributed by atoms with Crippen molar-refractivity contribution < 1.29 is 4.74 Å². The fraction of sp³-hybridized carbons (Fsp3) is 0.407. The van der Waals surface area contributed by atoms with Crippen molar-refractivity contribution >= 4 is 35.1 Å². The highest BCUT2D eigenvalue weighted by Gasteiger charge is 2.18. The van der Waals surface area contributed by atoms with Crippen LogP contribution in [0.1, 0.15) is 44.9 Å². The summed E-state index contributed by atoms with van der Waals surface area (Å²) in [5.74, 6) is 1.35. The lowest BCUT2D eigenvalue weighted by molar-refractivity contribution is 0.0198. The first-order valence-corrected chi connectivity index (χ1v) is 12.9. The Hall–Kier alpha value is -2.65. The third kappa shape index (κ3) is 7.41. The summed E-state index contributed by atoms with van der Waals surface area (Å²) in [6.07, 6.45) is 1.84. The maximum absolute atomic E-state index is 5.48. The summed E-state index contributed by atoms with van der Waals surface area (Å²) >= 11 is 1.63. The molecule has 2 aromatic carbocycles. The summed E-state index contributed by atoms with van der Waals surface area (Å²) in [5, 5.41) is 6.79. The van der Waals surface area contributed by atoms with Crippen molar-refractivity contribution in [2.75, 3.05) is 36.9 Å². The Morgan fingerprint density at radius 2 is 1.74 bits per heavy atom. The molecule has 1 fully saturated rings. The van der Waals surface area contributed by atoms with Crippen molar-refractivity contribution in [1.82, 2.24) is 19.6 Å². The van der Waals surface area contributed by atoms with Crippen LogP contribution in [0.4, 0.5) is 23.1 Å². The normalized spacial score (nSPS) is 15.6. The van der Waals surface area contributed by atoms with Crippen molar-refractivity contribution in [1.29, 1.82) is 0 Å². The Bertz CT molecular complexity index is 1110. The molecule has 7 nitrogen and oxygen atoms in total. The molecule has 35 heavy (non-hydrogen) atoms. The van der Waals surface area contributed by atoms with E-state index in [-0.39, 0.29) is 5.54 Å². The zero-order chi connectivity index (χ0) is 24.8. The number of morpholine rings is 1. The lowest BCUT2D eigenvalue weighted by atomic mass is 10.1. The van der Waals surface area contributed by atoms with Gasteiger partial charge in [0.1, 0.15) is 5.82 Å². The largest absolute Gasteiger partial charge is 0.379 e. The molecule has 1 aliphatic heterocycles. The molecule has 4 rings (SSSR count). The molecule has 0 amide bonds. The predicted molar refractivity (Wildman–Crippen MR) is 146 cm³/mol. The second-order valence-corrected chi connectivity index (χ2v) is 10.8. The van der Waals surface area contributed by atoms with Gasteiger partial charge in [-0.25, -0.2) is 4.98 Å². The van der Waals surface area contributed by atoms with Gasteiger partial charge in [-0.05, 0) is 82.5 Å². The Balaban J connectivity index is 1.41. The fourth-order valence-electron chi connectivity index (χ4n) is 3.76. The van der Waals surface area contributed by atoms with Gasteiger partial charge in [0, 0.05) is 52.7 Å². The number of benzene rings is 2. The minimum atomic E-state index is 0.0384. The summed E-state index contributed by atoms with van der Waals surface area (Å²) in [6, 6.07) is 17.2. The number of rotatable bonds is 8. The summed E-state index contributed by atoms with van der Waals surface area (Å²) in [5.41, 5.74) is 4.26. The molecule has 0 bridgehead atoms. The molecule has 0 spiro atoms. The molecule has 0 aliphatic carbocycles. The third-order valence-electron chi connectivity index (χ3n) is 5.79. The van der Waals surface area contributed by atoms with Crippen LogP contribution in [-0.4, -0.2) is 46.7 Å². The number of anilines is 4. The van der Waals surface area contributed by atoms with E-state index < -0.39 is 0 Å². The van der Waals surface area contributed by atoms with Crippen LogP contribution in [-0.2, 0) is 4.74 Å². The first-order chi connectivity index (χ1) is 16.8. The van der Waals surface area contributed by atoms with Crippen LogP contribution in [0.2, 0.25) is 0 Å². The van der Waals surface area contributed by atoms with Crippen molar-refractivity contribution in [2.45, 2.75) is 51.1 Å². The lowest BCUT2D eigenvalue weighted by Crippen LogP contribution is -2.37. The number of aromatic nitrogens is 2. The van der Waals surface area contributed by atoms with Crippen molar-refractivity contribution in [3.63, 3.8) is 0 Å². The van der Waals surface area contributed by atoms with Crippen LogP contribution in [0, 0.1) is 6.92 Å². The maximum atomic E-state index is 5.48. The molecule has 2 heterocycles. The van der Waals surface area contributed by atoms with E-state index >= 15 is 0 Å². The van der Waals surface area contributed by atoms with E-state index in [2.05, 4.69) is 89.3 Å². The van der Waals surface area contributed by atoms with E-state index in [0.717, 1.165) is 54.0 Å². The monoisotopic (exact) mass is 492 g/mol. The summed E-state index contributed by atoms with van der Waals surface area (Å²) in [6.45, 7) is 14.3. The fourth-order valence-corrected chi connectivity index (χ4v) is 4.52. The third-order valence-corrected chi connectivity index (χ3v) is 6.99. The topological polar surface area (TPSA) is 74.3 Å². The Labute approximate surface area is 213 Å². The second-order valence-electron chi connectivity index (χ2n) is 9.90. The van der Waals surface area contributed by atoms with E-state index in [4.69, 9.17) is 9.72 Å². The van der Waals surface area contributed by atoms with Crippen LogP contribution in [0.25, 0.3) is 0 Å². The maximum Gasteiger partial charge on any atom is 0.229 e. The molecule has 186 valence electrons. The quantitative estimate of drug-likeness (QED) is 0.328. The van der Waals surface area contributed by atoms with Crippen molar-refractivity contribution in [2.24, 2.45) is 0 Å². The van der Waals surface area contributed by atoms with Crippen LogP contribution in [0.5, 0.6) is 0 Å². The van der Waals surface area contributed by atoms with Gasteiger partial charge in [0.15, 0.2) is 0 Å². The summed E-state index contributed by atoms with van der Waals surface area (Å²) in [4.78, 5) is 12.8. The molecule has 1 unspecified atom stereocenters. The number of ether oxygens (including phenoxy) is 1. The smallest absolute Gasteiger partial charge is 0.229 e. The second kappa shape index (κ2) is 11.4. The number of nitrogens with zero attached hydrogens (tertiary/aromatic N) is 3. The highest BCUT2D eigenvalue weighted by molar-refractivity contribution is 7.97. The summed E-state index contributed by atoms with van der Waals surface area (Å²) < 4.78 is 8.93. The molecule has 1 atom stereocenters. The molecule has 0 saturated carbocycles. The van der Waals surface area contributed by atoms with Gasteiger partial charge in [0.2, 0.25) is 5.95 Å². The first kappa shape index (κ1) is 25.4. The van der Waals surface area contributed by atoms with E-state index in [1.54, 1.807) is 11.9 Å². The van der Waals surface area contributed by atoms with Gasteiger partial charge >= 0.3 is 0 Å². The van der Waals surface area contributed by atoms with E-state index in [1.165, 1.54) is 5.56 Å². The Kier molecular flexibility index (Phi) is 8.28. The molecule has 1 aromatic heterocycles. The minimum Gasteiger partial charge on any atom is -0.379 e. The van der Waals surface area contributed by atoms with E-state index in [1.807, 2.05) is 25.3 Å². The molecule has 1 aliphatic rings. The van der Waals surface area contributed by atoms with Crippen molar-refractivity contribution in [3.05, 3.63) is 65.9 Å². The molecule has 3 N–H and O–H groups in total. The Morgan fingerprint density at radius 3 is 2.46 bits per heavy atom. The van der Waals surface area contributed by atoms with E-state index in [9.17, 15) is 0 Å². The minimum absolute atomic E-state index is 0.0384. The molecular formula is C27H36N6OS. The van der Waals surface area contributed by atoms with Gasteiger partial charge in [-0.1, -0.05) is 18.2 Å². The molecule has 0 radical (unpaired) electrons. The zero-order valence-corrected chi connectivity index (χ0v) is 22.1. The number of hydrogen-bond donors (Lipinski definition) is 3. The van der Waals surface area contributed by atoms with Gasteiger partial charge in [-0.2, -0.15) is 4.98 Å². The average Bonchev–Trinajstić information content (AvgIpc) is 2.85. The van der Waals surface area contributed by atoms with Gasteiger partial charge in [0.05, 0.1) is 13.2 Å².